The number of nitrogens with two attached hydrogens (primary N) is 1. The van der Waals surface area contributed by atoms with Crippen molar-refractivity contribution in [2.75, 3.05) is 12.3 Å². The molecule has 144 valence electrons. The van der Waals surface area contributed by atoms with E-state index in [4.69, 9.17) is 5.73 Å². The number of nitrogens with zero attached hydrogens (tertiary/aromatic N) is 2. The first-order valence-electron chi connectivity index (χ1n) is 8.59. The molecule has 3 atom stereocenters. The number of carbonyl (C=O) groups is 2. The Morgan fingerprint density at radius 3 is 2.74 bits per heavy atom. The summed E-state index contributed by atoms with van der Waals surface area (Å²) in [6, 6.07) is 9.42. The number of carbonyl (C=O) groups excluding carboxylic acids is 1. The Kier molecular flexibility index (Phi) is 6.13. The van der Waals surface area contributed by atoms with E-state index in [1.807, 2.05) is 30.3 Å². The van der Waals surface area contributed by atoms with Gasteiger partial charge in [-0.05, 0) is 6.42 Å². The van der Waals surface area contributed by atoms with Crippen molar-refractivity contribution in [3.8, 4) is 0 Å². The molecule has 2 heterocycles. The first-order valence-corrected chi connectivity index (χ1v) is 10.5. The highest BCUT2D eigenvalue weighted by atomic mass is 32.2. The highest BCUT2D eigenvalue weighted by Gasteiger charge is 2.58. The molecule has 3 unspecified atom stereocenters. The Bertz CT molecular complexity index is 797. The average Bonchev–Trinajstić information content (AvgIpc) is 3.00. The van der Waals surface area contributed by atoms with Gasteiger partial charge in [-0.15, -0.1) is 11.8 Å². The summed E-state index contributed by atoms with van der Waals surface area (Å²) in [5, 5.41) is 19.2. The zero-order valence-electron chi connectivity index (χ0n) is 14.7. The van der Waals surface area contributed by atoms with Gasteiger partial charge in [-0.25, -0.2) is 4.79 Å². The Labute approximate surface area is 165 Å². The molecular formula is C18H21N3O4S2. The number of aliphatic hydroxyl groups excluding tert-OH is 1. The van der Waals surface area contributed by atoms with Gasteiger partial charge in [-0.1, -0.05) is 49.0 Å². The lowest BCUT2D eigenvalue weighted by atomic mass is 9.90. The van der Waals surface area contributed by atoms with E-state index in [0.717, 1.165) is 5.56 Å². The van der Waals surface area contributed by atoms with Gasteiger partial charge in [-0.2, -0.15) is 0 Å². The molecule has 1 amide bonds. The normalized spacial score (nSPS) is 23.3. The zero-order chi connectivity index (χ0) is 19.6. The number of benzene rings is 1. The fourth-order valence-electron chi connectivity index (χ4n) is 3.02. The molecule has 0 spiro atoms. The SMILES string of the molecule is CCC(O)C1C(=O)N2C(C(=O)O)=C(SCCN=C(N)c3ccccc3)SC12. The van der Waals surface area contributed by atoms with Crippen LogP contribution in [0.4, 0.5) is 0 Å². The number of aliphatic carboxylic acids is 1. The van der Waals surface area contributed by atoms with E-state index in [9.17, 15) is 19.8 Å². The molecule has 1 aromatic rings. The molecule has 2 aliphatic heterocycles. The number of β-lactam (4-membered cyclic amide) rings is 1. The van der Waals surface area contributed by atoms with Gasteiger partial charge in [0.15, 0.2) is 5.70 Å². The molecule has 9 heteroatoms. The van der Waals surface area contributed by atoms with Crippen molar-refractivity contribution < 1.29 is 19.8 Å². The molecule has 1 fully saturated rings. The first-order chi connectivity index (χ1) is 13.0. The third-order valence-corrected chi connectivity index (χ3v) is 7.10. The number of fused-ring (bicyclic) bond motifs is 1. The van der Waals surface area contributed by atoms with Crippen LogP contribution >= 0.6 is 23.5 Å². The number of rotatable bonds is 8. The van der Waals surface area contributed by atoms with E-state index in [1.165, 1.54) is 28.4 Å². The lowest BCUT2D eigenvalue weighted by molar-refractivity contribution is -0.157. The second kappa shape index (κ2) is 8.37. The second-order valence-corrected chi connectivity index (χ2v) is 8.63. The zero-order valence-corrected chi connectivity index (χ0v) is 16.4. The smallest absolute Gasteiger partial charge is 0.354 e. The number of amidine groups is 1. The molecule has 0 aromatic heterocycles. The van der Waals surface area contributed by atoms with E-state index in [1.54, 1.807) is 6.92 Å². The Morgan fingerprint density at radius 1 is 1.41 bits per heavy atom. The van der Waals surface area contributed by atoms with Gasteiger partial charge in [0.2, 0.25) is 5.91 Å². The van der Waals surface area contributed by atoms with Crippen LogP contribution in [-0.2, 0) is 9.59 Å². The van der Waals surface area contributed by atoms with Crippen LogP contribution < -0.4 is 5.73 Å². The van der Waals surface area contributed by atoms with Crippen molar-refractivity contribution in [2.24, 2.45) is 16.6 Å². The third kappa shape index (κ3) is 3.85. The van der Waals surface area contributed by atoms with Crippen LogP contribution in [0, 0.1) is 5.92 Å². The number of hydrogen-bond donors (Lipinski definition) is 3. The largest absolute Gasteiger partial charge is 0.477 e. The van der Waals surface area contributed by atoms with Crippen molar-refractivity contribution in [1.82, 2.24) is 4.90 Å². The summed E-state index contributed by atoms with van der Waals surface area (Å²) >= 11 is 2.69. The van der Waals surface area contributed by atoms with Crippen molar-refractivity contribution >= 4 is 41.2 Å². The van der Waals surface area contributed by atoms with Gasteiger partial charge in [0.25, 0.3) is 0 Å². The highest BCUT2D eigenvalue weighted by Crippen LogP contribution is 2.53. The van der Waals surface area contributed by atoms with Crippen LogP contribution in [0.5, 0.6) is 0 Å². The topological polar surface area (TPSA) is 116 Å². The Hall–Kier alpha value is -1.97. The molecule has 4 N–H and O–H groups in total. The summed E-state index contributed by atoms with van der Waals surface area (Å²) in [6.07, 6.45) is -0.291. The summed E-state index contributed by atoms with van der Waals surface area (Å²) in [7, 11) is 0. The predicted molar refractivity (Wildman–Crippen MR) is 107 cm³/mol. The van der Waals surface area contributed by atoms with Crippen molar-refractivity contribution in [2.45, 2.75) is 24.8 Å². The molecular weight excluding hydrogens is 386 g/mol. The van der Waals surface area contributed by atoms with Crippen LogP contribution in [0.15, 0.2) is 45.3 Å². The molecule has 0 radical (unpaired) electrons. The van der Waals surface area contributed by atoms with E-state index >= 15 is 0 Å². The molecule has 0 saturated carbocycles. The van der Waals surface area contributed by atoms with Crippen LogP contribution in [0.2, 0.25) is 0 Å². The Balaban J connectivity index is 1.63. The van der Waals surface area contributed by atoms with Crippen molar-refractivity contribution in [3.05, 3.63) is 45.8 Å². The van der Waals surface area contributed by atoms with Crippen LogP contribution in [0.25, 0.3) is 0 Å². The number of amides is 1. The second-order valence-electron chi connectivity index (χ2n) is 6.14. The summed E-state index contributed by atoms with van der Waals surface area (Å²) in [4.78, 5) is 29.5. The summed E-state index contributed by atoms with van der Waals surface area (Å²) in [6.45, 7) is 2.23. The maximum Gasteiger partial charge on any atom is 0.354 e. The summed E-state index contributed by atoms with van der Waals surface area (Å²) in [5.74, 6) is -1.01. The molecule has 7 nitrogen and oxygen atoms in total. The number of carboxylic acids is 1. The van der Waals surface area contributed by atoms with Gasteiger partial charge in [0, 0.05) is 11.3 Å². The predicted octanol–water partition coefficient (Wildman–Crippen LogP) is 1.68. The molecule has 27 heavy (non-hydrogen) atoms. The monoisotopic (exact) mass is 407 g/mol. The van der Waals surface area contributed by atoms with E-state index in [0.29, 0.717) is 28.8 Å². The maximum absolute atomic E-state index is 12.3. The molecule has 0 aliphatic carbocycles. The van der Waals surface area contributed by atoms with E-state index in [-0.39, 0.29) is 17.0 Å². The van der Waals surface area contributed by atoms with E-state index < -0.39 is 18.0 Å². The number of thioether (sulfide) groups is 2. The van der Waals surface area contributed by atoms with E-state index in [2.05, 4.69) is 4.99 Å². The first kappa shape index (κ1) is 19.8. The number of aliphatic imine (C=N–C) groups is 1. The fourth-order valence-corrected chi connectivity index (χ4v) is 5.80. The minimum Gasteiger partial charge on any atom is -0.477 e. The number of carboxylic acid groups (broad SMARTS) is 1. The molecule has 1 saturated heterocycles. The number of aliphatic hydroxyl groups is 1. The number of hydrogen-bond acceptors (Lipinski definition) is 6. The molecule has 1 aromatic carbocycles. The lowest BCUT2D eigenvalue weighted by Crippen LogP contribution is -2.61. The quantitative estimate of drug-likeness (QED) is 0.260. The summed E-state index contributed by atoms with van der Waals surface area (Å²) in [5.41, 5.74) is 6.81. The third-order valence-electron chi connectivity index (χ3n) is 4.46. The van der Waals surface area contributed by atoms with Gasteiger partial charge in [0.05, 0.1) is 22.8 Å². The molecule has 3 rings (SSSR count). The van der Waals surface area contributed by atoms with Crippen LogP contribution in [0.3, 0.4) is 0 Å². The van der Waals surface area contributed by atoms with Crippen molar-refractivity contribution in [3.63, 3.8) is 0 Å². The minimum atomic E-state index is -1.13. The fraction of sp³-hybridized carbons (Fsp3) is 0.389. The van der Waals surface area contributed by atoms with Crippen LogP contribution in [-0.4, -0.2) is 56.6 Å². The lowest BCUT2D eigenvalue weighted by Gasteiger charge is -2.44. The molecule has 0 bridgehead atoms. The Morgan fingerprint density at radius 2 is 2.11 bits per heavy atom. The van der Waals surface area contributed by atoms with Gasteiger partial charge in [0.1, 0.15) is 11.2 Å². The average molecular weight is 408 g/mol. The van der Waals surface area contributed by atoms with Gasteiger partial charge < -0.3 is 15.9 Å². The maximum atomic E-state index is 12.3. The minimum absolute atomic E-state index is 0.0135. The van der Waals surface area contributed by atoms with Crippen LogP contribution in [0.1, 0.15) is 18.9 Å². The summed E-state index contributed by atoms with van der Waals surface area (Å²) < 4.78 is 0.583. The molecule has 2 aliphatic rings. The van der Waals surface area contributed by atoms with Crippen molar-refractivity contribution in [1.29, 1.82) is 0 Å². The van der Waals surface area contributed by atoms with Gasteiger partial charge in [-0.3, -0.25) is 14.7 Å². The highest BCUT2D eigenvalue weighted by molar-refractivity contribution is 8.22. The standard InChI is InChI=1S/C18H21N3O4S2/c1-2-11(22)12-15(23)21-13(17(24)25)18(27-16(12)21)26-9-8-20-14(19)10-6-4-3-5-7-10/h3-7,11-12,16,22H,2,8-9H2,1H3,(H2,19,20)(H,24,25). The van der Waals surface area contributed by atoms with Gasteiger partial charge >= 0.3 is 5.97 Å².